The highest BCUT2D eigenvalue weighted by Gasteiger charge is 2.36. The Morgan fingerprint density at radius 1 is 1.05 bits per heavy atom. The Morgan fingerprint density at radius 3 is 2.25 bits per heavy atom. The van der Waals surface area contributed by atoms with Gasteiger partial charge in [-0.25, -0.2) is 8.78 Å². The number of rotatable bonds is 11. The van der Waals surface area contributed by atoms with Crippen molar-refractivity contribution in [1.82, 2.24) is 15.5 Å². The molecule has 2 amide bonds. The Labute approximate surface area is 251 Å². The maximum atomic E-state index is 15.2. The fraction of sp³-hybridized carbons (Fsp3) is 0.387. The van der Waals surface area contributed by atoms with Crippen molar-refractivity contribution >= 4 is 17.8 Å². The number of allylic oxidation sites excluding steroid dienone is 2. The minimum Gasteiger partial charge on any atom is -0.481 e. The van der Waals surface area contributed by atoms with Crippen LogP contribution in [0, 0.1) is 31.4 Å². The molecule has 4 N–H and O–H groups in total. The van der Waals surface area contributed by atoms with E-state index in [9.17, 15) is 42.2 Å². The number of hydrogen-bond acceptors (Lipinski definition) is 5. The van der Waals surface area contributed by atoms with Crippen LogP contribution in [0.5, 0.6) is 0 Å². The highest BCUT2D eigenvalue weighted by Crippen LogP contribution is 2.33. The molecule has 0 aliphatic carbocycles. The van der Waals surface area contributed by atoms with Gasteiger partial charge in [-0.05, 0) is 72.7 Å². The van der Waals surface area contributed by atoms with E-state index in [-0.39, 0.29) is 17.9 Å². The van der Waals surface area contributed by atoms with Gasteiger partial charge >= 0.3 is 12.1 Å². The van der Waals surface area contributed by atoms with Crippen LogP contribution in [0.2, 0.25) is 0 Å². The standard InChI is InChI=1S/C31H34F5N3O5/c1-16(2)11-24(38-28(42)20-9-6-10-39(30(20)44)15-31(34,35)36)29(43)37-23(14-25(40)41)21-12-19(13-22(32)27(21)33)26-17(3)7-5-8-18(26)4/h5-10,12-13,16,23-24,30,44H,11,14-15H2,1-4H3,(H,37,43)(H,38,42)(H,40,41)/t23-,24-,30?/m0/s1. The molecule has 2 aromatic carbocycles. The third-order valence-electron chi connectivity index (χ3n) is 7.00. The zero-order valence-corrected chi connectivity index (χ0v) is 24.5. The number of nitrogens with zero attached hydrogens (tertiary/aromatic N) is 1. The van der Waals surface area contributed by atoms with Gasteiger partial charge < -0.3 is 25.7 Å². The molecular weight excluding hydrogens is 589 g/mol. The van der Waals surface area contributed by atoms with Crippen LogP contribution in [-0.2, 0) is 14.4 Å². The lowest BCUT2D eigenvalue weighted by Crippen LogP contribution is -2.51. The molecule has 0 saturated carbocycles. The summed E-state index contributed by atoms with van der Waals surface area (Å²) in [6, 6.07) is 4.65. The third kappa shape index (κ3) is 8.65. The summed E-state index contributed by atoms with van der Waals surface area (Å²) in [6.07, 6.45) is -4.29. The summed E-state index contributed by atoms with van der Waals surface area (Å²) in [4.78, 5) is 38.8. The summed E-state index contributed by atoms with van der Waals surface area (Å²) >= 11 is 0. The van der Waals surface area contributed by atoms with Crippen LogP contribution in [0.15, 0.2) is 54.3 Å². The molecule has 238 valence electrons. The molecule has 0 radical (unpaired) electrons. The van der Waals surface area contributed by atoms with Crippen molar-refractivity contribution in [2.45, 2.75) is 65.0 Å². The van der Waals surface area contributed by atoms with E-state index in [1.165, 1.54) is 6.07 Å². The van der Waals surface area contributed by atoms with Gasteiger partial charge in [0.2, 0.25) is 5.91 Å². The number of aliphatic hydroxyl groups excluding tert-OH is 1. The first kappa shape index (κ1) is 34.2. The lowest BCUT2D eigenvalue weighted by molar-refractivity contribution is -0.155. The molecule has 1 aliphatic rings. The highest BCUT2D eigenvalue weighted by molar-refractivity contribution is 5.98. The monoisotopic (exact) mass is 623 g/mol. The molecule has 0 spiro atoms. The number of amides is 2. The second-order valence-corrected chi connectivity index (χ2v) is 11.1. The third-order valence-corrected chi connectivity index (χ3v) is 7.00. The normalized spacial score (nSPS) is 16.4. The van der Waals surface area contributed by atoms with Gasteiger partial charge in [-0.3, -0.25) is 14.4 Å². The quantitative estimate of drug-likeness (QED) is 0.260. The topological polar surface area (TPSA) is 119 Å². The van der Waals surface area contributed by atoms with Crippen molar-refractivity contribution in [3.63, 3.8) is 0 Å². The number of nitrogens with one attached hydrogen (secondary N) is 2. The van der Waals surface area contributed by atoms with Crippen molar-refractivity contribution in [3.8, 4) is 11.1 Å². The second-order valence-electron chi connectivity index (χ2n) is 11.1. The van der Waals surface area contributed by atoms with E-state index in [2.05, 4.69) is 10.6 Å². The maximum Gasteiger partial charge on any atom is 0.406 e. The molecule has 13 heteroatoms. The molecule has 0 bridgehead atoms. The maximum absolute atomic E-state index is 15.2. The predicted molar refractivity (Wildman–Crippen MR) is 152 cm³/mol. The number of carboxylic acid groups (broad SMARTS) is 1. The molecule has 1 heterocycles. The van der Waals surface area contributed by atoms with Gasteiger partial charge in [0, 0.05) is 11.8 Å². The average molecular weight is 624 g/mol. The molecule has 1 aliphatic heterocycles. The Hall–Kier alpha value is -4.26. The Bertz CT molecular complexity index is 1450. The van der Waals surface area contributed by atoms with Gasteiger partial charge in [0.1, 0.15) is 12.6 Å². The SMILES string of the molecule is Cc1cccc(C)c1-c1cc(F)c(F)c([C@H](CC(=O)O)NC(=O)[C@H](CC(C)C)NC(=O)C2=CC=CN(CC(F)(F)F)C2O)c1. The zero-order chi connectivity index (χ0) is 32.9. The van der Waals surface area contributed by atoms with Gasteiger partial charge in [0.05, 0.1) is 18.0 Å². The van der Waals surface area contributed by atoms with Crippen molar-refractivity contribution in [2.24, 2.45) is 5.92 Å². The molecule has 0 aromatic heterocycles. The fourth-order valence-electron chi connectivity index (χ4n) is 5.05. The number of halogens is 5. The Balaban J connectivity index is 1.93. The summed E-state index contributed by atoms with van der Waals surface area (Å²) in [5.74, 6) is -6.25. The largest absolute Gasteiger partial charge is 0.481 e. The van der Waals surface area contributed by atoms with Gasteiger partial charge in [-0.2, -0.15) is 13.2 Å². The van der Waals surface area contributed by atoms with Crippen molar-refractivity contribution in [3.05, 3.63) is 82.6 Å². The van der Waals surface area contributed by atoms with E-state index in [0.717, 1.165) is 35.5 Å². The van der Waals surface area contributed by atoms with Crippen LogP contribution < -0.4 is 10.6 Å². The summed E-state index contributed by atoms with van der Waals surface area (Å²) in [5, 5.41) is 24.8. The molecule has 0 saturated heterocycles. The molecule has 44 heavy (non-hydrogen) atoms. The van der Waals surface area contributed by atoms with Gasteiger partial charge in [0.25, 0.3) is 5.91 Å². The smallest absolute Gasteiger partial charge is 0.406 e. The molecule has 1 unspecified atom stereocenters. The van der Waals surface area contributed by atoms with E-state index in [4.69, 9.17) is 0 Å². The minimum atomic E-state index is -4.67. The first-order valence-electron chi connectivity index (χ1n) is 13.8. The molecule has 3 atom stereocenters. The van der Waals surface area contributed by atoms with Crippen LogP contribution in [0.4, 0.5) is 22.0 Å². The fourth-order valence-corrected chi connectivity index (χ4v) is 5.05. The number of benzene rings is 2. The van der Waals surface area contributed by atoms with Crippen LogP contribution in [0.3, 0.4) is 0 Å². The second kappa shape index (κ2) is 14.0. The van der Waals surface area contributed by atoms with E-state index < -0.39 is 78.0 Å². The highest BCUT2D eigenvalue weighted by atomic mass is 19.4. The van der Waals surface area contributed by atoms with Gasteiger partial charge in [-0.15, -0.1) is 0 Å². The number of carboxylic acids is 1. The Morgan fingerprint density at radius 2 is 1.68 bits per heavy atom. The average Bonchev–Trinajstić information content (AvgIpc) is 2.89. The number of hydrogen-bond donors (Lipinski definition) is 4. The van der Waals surface area contributed by atoms with E-state index in [1.807, 2.05) is 0 Å². The van der Waals surface area contributed by atoms with Crippen molar-refractivity contribution in [2.75, 3.05) is 6.54 Å². The van der Waals surface area contributed by atoms with Crippen LogP contribution in [0.1, 0.15) is 49.4 Å². The number of alkyl halides is 3. The number of carbonyl (C=O) groups is 3. The minimum absolute atomic E-state index is 0.0118. The van der Waals surface area contributed by atoms with Gasteiger partial charge in [-0.1, -0.05) is 32.0 Å². The van der Waals surface area contributed by atoms with Crippen LogP contribution in [-0.4, -0.2) is 57.9 Å². The van der Waals surface area contributed by atoms with E-state index >= 15 is 4.39 Å². The van der Waals surface area contributed by atoms with Crippen molar-refractivity contribution < 1.29 is 46.5 Å². The number of aliphatic carboxylic acids is 1. The molecule has 0 fully saturated rings. The lowest BCUT2D eigenvalue weighted by atomic mass is 9.92. The number of aliphatic hydroxyl groups is 1. The van der Waals surface area contributed by atoms with Crippen LogP contribution in [0.25, 0.3) is 11.1 Å². The van der Waals surface area contributed by atoms with Gasteiger partial charge in [0.15, 0.2) is 17.9 Å². The van der Waals surface area contributed by atoms with Crippen molar-refractivity contribution in [1.29, 1.82) is 0 Å². The number of aryl methyl sites for hydroxylation is 2. The van der Waals surface area contributed by atoms with E-state index in [1.54, 1.807) is 45.9 Å². The summed E-state index contributed by atoms with van der Waals surface area (Å²) < 4.78 is 68.8. The predicted octanol–water partition coefficient (Wildman–Crippen LogP) is 5.05. The molecule has 2 aromatic rings. The first-order valence-corrected chi connectivity index (χ1v) is 13.8. The zero-order valence-electron chi connectivity index (χ0n) is 24.5. The summed E-state index contributed by atoms with van der Waals surface area (Å²) in [7, 11) is 0. The van der Waals surface area contributed by atoms with E-state index in [0.29, 0.717) is 10.5 Å². The number of carbonyl (C=O) groups excluding carboxylic acids is 2. The molecular formula is C31H34F5N3O5. The van der Waals surface area contributed by atoms with Crippen LogP contribution >= 0.6 is 0 Å². The summed E-state index contributed by atoms with van der Waals surface area (Å²) in [5.41, 5.74) is 1.49. The molecule has 8 nitrogen and oxygen atoms in total. The lowest BCUT2D eigenvalue weighted by Gasteiger charge is -2.31. The molecule has 3 rings (SSSR count). The summed E-state index contributed by atoms with van der Waals surface area (Å²) in [6.45, 7) is 5.44. The Kier molecular flexibility index (Phi) is 10.9. The first-order chi connectivity index (χ1) is 20.5.